The van der Waals surface area contributed by atoms with E-state index >= 15 is 0 Å². The molecule has 3 fully saturated rings. The molecular weight excluding hydrogens is 258 g/mol. The Morgan fingerprint density at radius 2 is 2.20 bits per heavy atom. The van der Waals surface area contributed by atoms with E-state index in [9.17, 15) is 14.7 Å². The molecule has 0 unspecified atom stereocenters. The summed E-state index contributed by atoms with van der Waals surface area (Å²) in [4.78, 5) is 32.9. The molecule has 1 saturated heterocycles. The van der Waals surface area contributed by atoms with Gasteiger partial charge in [-0.15, -0.1) is 0 Å². The predicted molar refractivity (Wildman–Crippen MR) is 70.4 cm³/mol. The van der Waals surface area contributed by atoms with Gasteiger partial charge in [0.1, 0.15) is 11.5 Å². The van der Waals surface area contributed by atoms with Crippen LogP contribution < -0.4 is 5.56 Å². The first-order valence-electron chi connectivity index (χ1n) is 7.22. The van der Waals surface area contributed by atoms with E-state index in [-0.39, 0.29) is 23.2 Å². The van der Waals surface area contributed by atoms with Gasteiger partial charge in [0.2, 0.25) is 0 Å². The minimum Gasteiger partial charge on any atom is -0.391 e. The lowest BCUT2D eigenvalue weighted by Crippen LogP contribution is -2.45. The Bertz CT molecular complexity index is 622. The van der Waals surface area contributed by atoms with Crippen molar-refractivity contribution in [2.24, 2.45) is 5.92 Å². The van der Waals surface area contributed by atoms with Gasteiger partial charge in [-0.2, -0.15) is 0 Å². The van der Waals surface area contributed by atoms with Crippen molar-refractivity contribution in [1.82, 2.24) is 14.9 Å². The number of amides is 1. The van der Waals surface area contributed by atoms with Gasteiger partial charge in [-0.05, 0) is 31.6 Å². The first-order chi connectivity index (χ1) is 9.61. The predicted octanol–water partition coefficient (Wildman–Crippen LogP) is 0.243. The average Bonchev–Trinajstić information content (AvgIpc) is 3.11. The maximum absolute atomic E-state index is 12.5. The molecular formula is C14H17N3O3. The molecule has 2 saturated carbocycles. The third-order valence-corrected chi connectivity index (χ3v) is 4.65. The van der Waals surface area contributed by atoms with E-state index < -0.39 is 6.10 Å². The molecule has 1 aromatic rings. The molecule has 2 aliphatic carbocycles. The number of rotatable bonds is 2. The highest BCUT2D eigenvalue weighted by molar-refractivity contribution is 5.92. The zero-order chi connectivity index (χ0) is 13.9. The summed E-state index contributed by atoms with van der Waals surface area (Å²) in [6, 6.07) is 1.17. The lowest BCUT2D eigenvalue weighted by molar-refractivity contribution is 0.0398. The molecule has 2 bridgehead atoms. The van der Waals surface area contributed by atoms with Crippen LogP contribution in [0.15, 0.2) is 10.9 Å². The van der Waals surface area contributed by atoms with Gasteiger partial charge in [0, 0.05) is 18.5 Å². The van der Waals surface area contributed by atoms with Crippen molar-refractivity contribution >= 4 is 5.91 Å². The molecule has 6 heteroatoms. The zero-order valence-corrected chi connectivity index (χ0v) is 11.1. The van der Waals surface area contributed by atoms with Crippen molar-refractivity contribution in [2.75, 3.05) is 6.54 Å². The Morgan fingerprint density at radius 3 is 2.85 bits per heavy atom. The largest absolute Gasteiger partial charge is 0.391 e. The Labute approximate surface area is 115 Å². The molecule has 2 heterocycles. The lowest BCUT2D eigenvalue weighted by Gasteiger charge is -2.30. The van der Waals surface area contributed by atoms with Crippen molar-refractivity contribution in [3.05, 3.63) is 27.9 Å². The van der Waals surface area contributed by atoms with Gasteiger partial charge < -0.3 is 15.0 Å². The number of aliphatic hydroxyl groups is 1. The van der Waals surface area contributed by atoms with E-state index in [1.54, 1.807) is 4.90 Å². The smallest absolute Gasteiger partial charge is 0.273 e. The number of aromatic nitrogens is 2. The van der Waals surface area contributed by atoms with Gasteiger partial charge in [0.25, 0.3) is 11.5 Å². The second-order valence-electron chi connectivity index (χ2n) is 6.22. The minimum absolute atomic E-state index is 0.0991. The summed E-state index contributed by atoms with van der Waals surface area (Å²) in [5.41, 5.74) is -0.0504. The van der Waals surface area contributed by atoms with Crippen LogP contribution in [0.3, 0.4) is 0 Å². The van der Waals surface area contributed by atoms with Crippen LogP contribution in [0.2, 0.25) is 0 Å². The fourth-order valence-electron chi connectivity index (χ4n) is 3.51. The molecule has 4 rings (SSSR count). The van der Waals surface area contributed by atoms with E-state index in [2.05, 4.69) is 9.97 Å². The minimum atomic E-state index is -0.428. The molecule has 106 valence electrons. The molecule has 3 aliphatic rings. The van der Waals surface area contributed by atoms with Gasteiger partial charge in [0.05, 0.1) is 12.1 Å². The number of nitrogens with one attached hydrogen (secondary N) is 1. The standard InChI is InChI=1S/C14H17N3O3/c18-11-4-7-3-10(11)17(6-7)14(20)9-5-12(19)16-13(15-9)8-1-2-8/h5,7-8,10-11,18H,1-4,6H2,(H,15,16,19)/t7-,10+,11+/m0/s1. The van der Waals surface area contributed by atoms with Gasteiger partial charge >= 0.3 is 0 Å². The van der Waals surface area contributed by atoms with E-state index in [0.29, 0.717) is 24.2 Å². The van der Waals surface area contributed by atoms with E-state index in [1.165, 1.54) is 6.07 Å². The van der Waals surface area contributed by atoms with Crippen molar-refractivity contribution in [3.8, 4) is 0 Å². The van der Waals surface area contributed by atoms with Crippen molar-refractivity contribution in [3.63, 3.8) is 0 Å². The highest BCUT2D eigenvalue weighted by Gasteiger charge is 2.46. The number of piperidine rings is 1. The van der Waals surface area contributed by atoms with Crippen molar-refractivity contribution in [2.45, 2.75) is 43.7 Å². The Morgan fingerprint density at radius 1 is 1.40 bits per heavy atom. The van der Waals surface area contributed by atoms with Crippen LogP contribution in [-0.2, 0) is 0 Å². The highest BCUT2D eigenvalue weighted by Crippen LogP contribution is 2.39. The number of aromatic amines is 1. The van der Waals surface area contributed by atoms with Crippen LogP contribution in [0.25, 0.3) is 0 Å². The summed E-state index contributed by atoms with van der Waals surface area (Å²) < 4.78 is 0. The summed E-state index contributed by atoms with van der Waals surface area (Å²) in [6.45, 7) is 0.674. The molecule has 2 N–H and O–H groups in total. The molecule has 6 nitrogen and oxygen atoms in total. The number of likely N-dealkylation sites (tertiary alicyclic amines) is 1. The van der Waals surface area contributed by atoms with Crippen LogP contribution in [0.1, 0.15) is 47.9 Å². The molecule has 0 spiro atoms. The Balaban J connectivity index is 1.64. The van der Waals surface area contributed by atoms with Crippen molar-refractivity contribution < 1.29 is 9.90 Å². The summed E-state index contributed by atoms with van der Waals surface area (Å²) in [7, 11) is 0. The monoisotopic (exact) mass is 275 g/mol. The van der Waals surface area contributed by atoms with Gasteiger partial charge in [-0.3, -0.25) is 9.59 Å². The normalized spacial score (nSPS) is 31.9. The SMILES string of the molecule is O=C(c1cc(=O)[nH]c(C2CC2)n1)N1C[C@@H]2C[C@@H](O)[C@H]1C2. The number of hydrogen-bond donors (Lipinski definition) is 2. The molecule has 1 aliphatic heterocycles. The second-order valence-corrected chi connectivity index (χ2v) is 6.22. The van der Waals surface area contributed by atoms with E-state index in [4.69, 9.17) is 0 Å². The fraction of sp³-hybridized carbons (Fsp3) is 0.643. The number of fused-ring (bicyclic) bond motifs is 2. The topological polar surface area (TPSA) is 86.3 Å². The van der Waals surface area contributed by atoms with Crippen LogP contribution in [-0.4, -0.2) is 44.6 Å². The summed E-state index contributed by atoms with van der Waals surface area (Å²) in [5.74, 6) is 1.11. The third-order valence-electron chi connectivity index (χ3n) is 4.65. The first kappa shape index (κ1) is 12.1. The Hall–Kier alpha value is -1.69. The van der Waals surface area contributed by atoms with E-state index in [1.807, 2.05) is 0 Å². The number of nitrogens with zero attached hydrogens (tertiary/aromatic N) is 2. The summed E-state index contributed by atoms with van der Waals surface area (Å²) >= 11 is 0. The fourth-order valence-corrected chi connectivity index (χ4v) is 3.51. The molecule has 3 atom stereocenters. The Kier molecular flexibility index (Phi) is 2.51. The number of carbonyl (C=O) groups is 1. The number of hydrogen-bond acceptors (Lipinski definition) is 4. The molecule has 0 aromatic carbocycles. The molecule has 20 heavy (non-hydrogen) atoms. The maximum atomic E-state index is 12.5. The number of carbonyl (C=O) groups excluding carboxylic acids is 1. The molecule has 0 radical (unpaired) electrons. The van der Waals surface area contributed by atoms with Crippen LogP contribution in [0.4, 0.5) is 0 Å². The van der Waals surface area contributed by atoms with E-state index in [0.717, 1.165) is 25.7 Å². The quantitative estimate of drug-likeness (QED) is 0.809. The molecule has 1 aromatic heterocycles. The third kappa shape index (κ3) is 1.86. The lowest BCUT2D eigenvalue weighted by atomic mass is 10.1. The first-order valence-corrected chi connectivity index (χ1v) is 7.22. The average molecular weight is 275 g/mol. The zero-order valence-electron chi connectivity index (χ0n) is 11.1. The second kappa shape index (κ2) is 4.15. The maximum Gasteiger partial charge on any atom is 0.273 e. The number of aliphatic hydroxyl groups excluding tert-OH is 1. The van der Waals surface area contributed by atoms with Crippen LogP contribution in [0, 0.1) is 5.92 Å². The van der Waals surface area contributed by atoms with Crippen LogP contribution in [0.5, 0.6) is 0 Å². The number of H-pyrrole nitrogens is 1. The van der Waals surface area contributed by atoms with Crippen molar-refractivity contribution in [1.29, 1.82) is 0 Å². The molecule has 1 amide bonds. The van der Waals surface area contributed by atoms with Crippen LogP contribution >= 0.6 is 0 Å². The van der Waals surface area contributed by atoms with Gasteiger partial charge in [-0.25, -0.2) is 4.98 Å². The summed E-state index contributed by atoms with van der Waals surface area (Å²) in [6.07, 6.45) is 3.26. The highest BCUT2D eigenvalue weighted by atomic mass is 16.3. The van der Waals surface area contributed by atoms with Gasteiger partial charge in [-0.1, -0.05) is 0 Å². The van der Waals surface area contributed by atoms with Gasteiger partial charge in [0.15, 0.2) is 0 Å². The summed E-state index contributed by atoms with van der Waals surface area (Å²) in [5, 5.41) is 9.91.